The van der Waals surface area contributed by atoms with Crippen LogP contribution in [-0.2, 0) is 0 Å². The number of nitrogen functional groups attached to an aromatic ring is 1. The van der Waals surface area contributed by atoms with Crippen LogP contribution in [0.25, 0.3) is 0 Å². The minimum atomic E-state index is -0.803. The van der Waals surface area contributed by atoms with Gasteiger partial charge in [0.1, 0.15) is 18.0 Å². The SMILES string of the molecule is Nc1c(C(=O)CSc2nnc(C3COc4ccccc4O3)o2)c(=O)[nH]c(=O)n1C1CC1. The summed E-state index contributed by atoms with van der Waals surface area (Å²) in [5, 5.41) is 8.01. The second-order valence-electron chi connectivity index (χ2n) is 7.10. The van der Waals surface area contributed by atoms with Crippen LogP contribution in [0.3, 0.4) is 0 Å². The molecule has 0 radical (unpaired) electrons. The second-order valence-corrected chi connectivity index (χ2v) is 8.03. The Bertz CT molecular complexity index is 1280. The van der Waals surface area contributed by atoms with Crippen LogP contribution in [-0.4, -0.2) is 37.9 Å². The molecule has 31 heavy (non-hydrogen) atoms. The van der Waals surface area contributed by atoms with Crippen LogP contribution < -0.4 is 26.5 Å². The molecule has 1 atom stereocenters. The molecule has 1 aromatic carbocycles. The Labute approximate surface area is 178 Å². The first kappa shape index (κ1) is 19.4. The number of benzene rings is 1. The molecule has 3 heterocycles. The number of nitrogens with one attached hydrogen (secondary N) is 1. The third-order valence-corrected chi connectivity index (χ3v) is 5.72. The molecule has 160 valence electrons. The van der Waals surface area contributed by atoms with Gasteiger partial charge >= 0.3 is 5.69 Å². The number of thioether (sulfide) groups is 1. The average Bonchev–Trinajstić information content (AvgIpc) is 3.47. The lowest BCUT2D eigenvalue weighted by Crippen LogP contribution is -2.36. The van der Waals surface area contributed by atoms with Crippen molar-refractivity contribution in [2.24, 2.45) is 0 Å². The lowest BCUT2D eigenvalue weighted by atomic mass is 10.2. The quantitative estimate of drug-likeness (QED) is 0.421. The summed E-state index contributed by atoms with van der Waals surface area (Å²) in [5.41, 5.74) is 4.32. The third-order valence-electron chi connectivity index (χ3n) is 4.91. The van der Waals surface area contributed by atoms with Gasteiger partial charge in [-0.05, 0) is 25.0 Å². The van der Waals surface area contributed by atoms with E-state index in [0.717, 1.165) is 24.6 Å². The van der Waals surface area contributed by atoms with Crippen LogP contribution in [0.4, 0.5) is 5.82 Å². The molecule has 0 amide bonds. The number of H-pyrrole nitrogens is 1. The molecule has 1 aliphatic heterocycles. The number of hydrogen-bond donors (Lipinski definition) is 2. The first-order valence-electron chi connectivity index (χ1n) is 9.53. The summed E-state index contributed by atoms with van der Waals surface area (Å²) in [6.07, 6.45) is 0.981. The molecule has 1 aliphatic carbocycles. The van der Waals surface area contributed by atoms with Crippen molar-refractivity contribution in [2.45, 2.75) is 30.2 Å². The van der Waals surface area contributed by atoms with Gasteiger partial charge in [-0.15, -0.1) is 10.2 Å². The Kier molecular flexibility index (Phi) is 4.77. The van der Waals surface area contributed by atoms with E-state index in [1.165, 1.54) is 4.57 Å². The zero-order valence-electron chi connectivity index (χ0n) is 16.1. The van der Waals surface area contributed by atoms with Crippen molar-refractivity contribution in [1.82, 2.24) is 19.7 Å². The summed E-state index contributed by atoms with van der Waals surface area (Å²) in [6, 6.07) is 7.16. The number of nitrogens with zero attached hydrogens (tertiary/aromatic N) is 3. The number of para-hydroxylation sites is 2. The number of fused-ring (bicyclic) bond motifs is 1. The first-order valence-corrected chi connectivity index (χ1v) is 10.5. The molecule has 3 aromatic rings. The Balaban J connectivity index is 1.28. The maximum absolute atomic E-state index is 12.6. The maximum atomic E-state index is 12.6. The minimum absolute atomic E-state index is 0.0788. The first-order chi connectivity index (χ1) is 15.0. The largest absolute Gasteiger partial charge is 0.485 e. The highest BCUT2D eigenvalue weighted by atomic mass is 32.2. The number of anilines is 1. The number of carbonyl (C=O) groups is 1. The molecular formula is C19H17N5O6S. The number of aromatic amines is 1. The van der Waals surface area contributed by atoms with Crippen molar-refractivity contribution >= 4 is 23.4 Å². The summed E-state index contributed by atoms with van der Waals surface area (Å²) in [6.45, 7) is 0.205. The summed E-state index contributed by atoms with van der Waals surface area (Å²) in [4.78, 5) is 38.9. The molecule has 0 saturated heterocycles. The lowest BCUT2D eigenvalue weighted by Gasteiger charge is -2.23. The molecule has 1 unspecified atom stereocenters. The van der Waals surface area contributed by atoms with Crippen molar-refractivity contribution in [3.63, 3.8) is 0 Å². The number of carbonyl (C=O) groups excluding carboxylic acids is 1. The van der Waals surface area contributed by atoms with Gasteiger partial charge in [0.15, 0.2) is 17.3 Å². The van der Waals surface area contributed by atoms with E-state index in [0.29, 0.717) is 11.5 Å². The van der Waals surface area contributed by atoms with Crippen molar-refractivity contribution in [3.05, 3.63) is 56.6 Å². The van der Waals surface area contributed by atoms with Crippen molar-refractivity contribution < 1.29 is 18.7 Å². The fourth-order valence-electron chi connectivity index (χ4n) is 3.28. The Hall–Kier alpha value is -3.54. The highest BCUT2D eigenvalue weighted by Crippen LogP contribution is 2.36. The highest BCUT2D eigenvalue weighted by molar-refractivity contribution is 7.99. The van der Waals surface area contributed by atoms with E-state index >= 15 is 0 Å². The molecule has 0 bridgehead atoms. The summed E-state index contributed by atoms with van der Waals surface area (Å²) < 4.78 is 18.3. The van der Waals surface area contributed by atoms with Gasteiger partial charge in [-0.3, -0.25) is 19.1 Å². The Morgan fingerprint density at radius 2 is 2.00 bits per heavy atom. The highest BCUT2D eigenvalue weighted by Gasteiger charge is 2.31. The van der Waals surface area contributed by atoms with Gasteiger partial charge in [0.2, 0.25) is 6.10 Å². The van der Waals surface area contributed by atoms with Crippen LogP contribution >= 0.6 is 11.8 Å². The van der Waals surface area contributed by atoms with E-state index in [2.05, 4.69) is 15.2 Å². The van der Waals surface area contributed by atoms with Gasteiger partial charge in [-0.2, -0.15) is 0 Å². The second kappa shape index (κ2) is 7.61. The van der Waals surface area contributed by atoms with E-state index in [1.54, 1.807) is 12.1 Å². The van der Waals surface area contributed by atoms with Crippen molar-refractivity contribution in [2.75, 3.05) is 18.1 Å². The molecule has 3 N–H and O–H groups in total. The van der Waals surface area contributed by atoms with E-state index in [9.17, 15) is 14.4 Å². The average molecular weight is 443 g/mol. The number of hydrogen-bond acceptors (Lipinski definition) is 10. The van der Waals surface area contributed by atoms with Crippen LogP contribution in [0.1, 0.15) is 41.2 Å². The normalized spacial score (nSPS) is 17.5. The predicted octanol–water partition coefficient (Wildman–Crippen LogP) is 1.32. The number of Topliss-reactive ketones (excluding diaryl/α,β-unsaturated/α-hetero) is 1. The molecule has 1 saturated carbocycles. The molecule has 12 heteroatoms. The van der Waals surface area contributed by atoms with Crippen molar-refractivity contribution in [3.8, 4) is 11.5 Å². The van der Waals surface area contributed by atoms with Gasteiger partial charge in [-0.1, -0.05) is 23.9 Å². The topological polar surface area (TPSA) is 155 Å². The van der Waals surface area contributed by atoms with Crippen LogP contribution in [0.2, 0.25) is 0 Å². The number of ether oxygens (including phenoxy) is 2. The monoisotopic (exact) mass is 443 g/mol. The van der Waals surface area contributed by atoms with Gasteiger partial charge in [-0.25, -0.2) is 4.79 Å². The lowest BCUT2D eigenvalue weighted by molar-refractivity contribution is 0.0686. The van der Waals surface area contributed by atoms with E-state index in [-0.39, 0.29) is 40.9 Å². The number of nitrogens with two attached hydrogens (primary N) is 1. The smallest absolute Gasteiger partial charge is 0.330 e. The van der Waals surface area contributed by atoms with Crippen LogP contribution in [0, 0.1) is 0 Å². The maximum Gasteiger partial charge on any atom is 0.330 e. The molecule has 2 aliphatic rings. The zero-order chi connectivity index (χ0) is 21.5. The molecule has 11 nitrogen and oxygen atoms in total. The van der Waals surface area contributed by atoms with Gasteiger partial charge < -0.3 is 19.6 Å². The van der Waals surface area contributed by atoms with Crippen LogP contribution in [0.15, 0.2) is 43.5 Å². The van der Waals surface area contributed by atoms with Crippen LogP contribution in [0.5, 0.6) is 11.5 Å². The van der Waals surface area contributed by atoms with E-state index in [4.69, 9.17) is 19.6 Å². The number of aromatic nitrogens is 4. The van der Waals surface area contributed by atoms with E-state index < -0.39 is 23.1 Å². The third kappa shape index (κ3) is 3.69. The molecule has 2 aromatic heterocycles. The van der Waals surface area contributed by atoms with Gasteiger partial charge in [0.25, 0.3) is 16.7 Å². The van der Waals surface area contributed by atoms with E-state index in [1.807, 2.05) is 12.1 Å². The van der Waals surface area contributed by atoms with Crippen molar-refractivity contribution in [1.29, 1.82) is 0 Å². The fourth-order valence-corrected chi connectivity index (χ4v) is 3.92. The number of rotatable bonds is 6. The zero-order valence-corrected chi connectivity index (χ0v) is 16.9. The predicted molar refractivity (Wildman–Crippen MR) is 109 cm³/mol. The van der Waals surface area contributed by atoms with Gasteiger partial charge in [0, 0.05) is 6.04 Å². The Morgan fingerprint density at radius 1 is 1.23 bits per heavy atom. The summed E-state index contributed by atoms with van der Waals surface area (Å²) in [7, 11) is 0. The van der Waals surface area contributed by atoms with Gasteiger partial charge in [0.05, 0.1) is 5.75 Å². The molecule has 0 spiro atoms. The molecule has 1 fully saturated rings. The molecule has 5 rings (SSSR count). The Morgan fingerprint density at radius 3 is 2.77 bits per heavy atom. The summed E-state index contributed by atoms with van der Waals surface area (Å²) in [5.74, 6) is 0.603. The minimum Gasteiger partial charge on any atom is -0.485 e. The molecular weight excluding hydrogens is 426 g/mol. The standard InChI is InChI=1S/C19H17N5O6S/c20-15-14(16(26)21-18(27)24(15)9-5-6-9)10(25)8-31-19-23-22-17(30-19)13-7-28-11-3-1-2-4-12(11)29-13/h1-4,9,13H,5-8,20H2,(H,21,26,27). The summed E-state index contributed by atoms with van der Waals surface area (Å²) >= 11 is 0.963. The number of ketones is 1. The fraction of sp³-hybridized carbons (Fsp3) is 0.316.